The molecule has 0 aliphatic carbocycles. The minimum atomic E-state index is -0.140. The molecule has 0 radical (unpaired) electrons. The molecular formula is C29H40N3O+. The first-order chi connectivity index (χ1) is 15.3. The smallest absolute Gasteiger partial charge is 0.249 e. The van der Waals surface area contributed by atoms with Crippen LogP contribution in [-0.4, -0.2) is 22.4 Å². The summed E-state index contributed by atoms with van der Waals surface area (Å²) in [5.41, 5.74) is 7.90. The van der Waals surface area contributed by atoms with Crippen LogP contribution in [0.2, 0.25) is 0 Å². The van der Waals surface area contributed by atoms with E-state index in [0.717, 1.165) is 17.7 Å². The largest absolute Gasteiger partial charge is 0.507 e. The van der Waals surface area contributed by atoms with Crippen LogP contribution in [0.3, 0.4) is 0 Å². The molecule has 0 spiro atoms. The summed E-state index contributed by atoms with van der Waals surface area (Å²) in [7, 11) is 0. The van der Waals surface area contributed by atoms with Crippen molar-refractivity contribution in [2.45, 2.75) is 79.7 Å². The van der Waals surface area contributed by atoms with Crippen molar-refractivity contribution in [1.29, 1.82) is 0 Å². The maximum absolute atomic E-state index is 10.9. The van der Waals surface area contributed by atoms with Crippen molar-refractivity contribution in [3.63, 3.8) is 0 Å². The molecule has 0 aliphatic rings. The van der Waals surface area contributed by atoms with E-state index >= 15 is 0 Å². The van der Waals surface area contributed by atoms with E-state index in [4.69, 9.17) is 0 Å². The van der Waals surface area contributed by atoms with Gasteiger partial charge in [0.25, 0.3) is 0 Å². The molecule has 0 bridgehead atoms. The standard InChI is InChI=1S/C29H39N3O/c1-20-14-21(2)26(22(3)15-20)32-13-12-31(19-32)11-10-30-18-23-16-24(28(4,5)6)17-25(27(23)33)29(7,8)9/h12-19H,10-11H2,1-9H3/p+1. The Morgan fingerprint density at radius 2 is 1.58 bits per heavy atom. The molecule has 33 heavy (non-hydrogen) atoms. The Hall–Kier alpha value is -2.88. The van der Waals surface area contributed by atoms with E-state index in [1.807, 2.05) is 6.21 Å². The lowest BCUT2D eigenvalue weighted by Gasteiger charge is -2.26. The van der Waals surface area contributed by atoms with Gasteiger partial charge in [-0.3, -0.25) is 4.99 Å². The third kappa shape index (κ3) is 5.73. The van der Waals surface area contributed by atoms with E-state index in [9.17, 15) is 5.11 Å². The normalized spacial score (nSPS) is 12.6. The Morgan fingerprint density at radius 1 is 0.939 bits per heavy atom. The number of aliphatic imine (C=N–C) groups is 1. The van der Waals surface area contributed by atoms with Crippen molar-refractivity contribution in [2.24, 2.45) is 4.99 Å². The minimum absolute atomic E-state index is 0.00128. The number of phenolic OH excluding ortho intramolecular Hbond substituents is 1. The average molecular weight is 447 g/mol. The Labute approximate surface area is 199 Å². The van der Waals surface area contributed by atoms with Gasteiger partial charge in [-0.2, -0.15) is 0 Å². The second-order valence-corrected chi connectivity index (χ2v) is 11.3. The zero-order chi connectivity index (χ0) is 24.6. The monoisotopic (exact) mass is 446 g/mol. The van der Waals surface area contributed by atoms with Crippen molar-refractivity contribution in [3.8, 4) is 11.4 Å². The molecule has 1 heterocycles. The first-order valence-electron chi connectivity index (χ1n) is 11.8. The molecule has 0 fully saturated rings. The van der Waals surface area contributed by atoms with Crippen LogP contribution in [0.15, 0.2) is 48.0 Å². The first kappa shape index (κ1) is 24.8. The summed E-state index contributed by atoms with van der Waals surface area (Å²) in [6.45, 7) is 20.9. The van der Waals surface area contributed by atoms with Crippen LogP contribution in [0.1, 0.15) is 74.9 Å². The highest BCUT2D eigenvalue weighted by Crippen LogP contribution is 2.37. The fraction of sp³-hybridized carbons (Fsp3) is 0.448. The number of imidazole rings is 1. The number of phenols is 1. The number of benzene rings is 2. The van der Waals surface area contributed by atoms with Gasteiger partial charge < -0.3 is 5.11 Å². The molecule has 4 heteroatoms. The van der Waals surface area contributed by atoms with E-state index in [1.54, 1.807) is 0 Å². The van der Waals surface area contributed by atoms with E-state index in [1.165, 1.54) is 27.9 Å². The van der Waals surface area contributed by atoms with Gasteiger partial charge in [0.15, 0.2) is 0 Å². The summed E-state index contributed by atoms with van der Waals surface area (Å²) in [4.78, 5) is 4.66. The molecule has 3 rings (SSSR count). The Morgan fingerprint density at radius 3 is 2.15 bits per heavy atom. The van der Waals surface area contributed by atoms with Crippen molar-refractivity contribution in [3.05, 3.63) is 76.4 Å². The summed E-state index contributed by atoms with van der Waals surface area (Å²) in [6, 6.07) is 8.66. The molecule has 0 aliphatic heterocycles. The summed E-state index contributed by atoms with van der Waals surface area (Å²) in [5, 5.41) is 10.9. The van der Waals surface area contributed by atoms with E-state index in [0.29, 0.717) is 12.3 Å². The van der Waals surface area contributed by atoms with Crippen LogP contribution in [0.4, 0.5) is 0 Å². The van der Waals surface area contributed by atoms with Gasteiger partial charge in [-0.05, 0) is 54.4 Å². The molecule has 4 nitrogen and oxygen atoms in total. The van der Waals surface area contributed by atoms with Gasteiger partial charge in [0, 0.05) is 17.3 Å². The zero-order valence-electron chi connectivity index (χ0n) is 21.8. The van der Waals surface area contributed by atoms with Crippen LogP contribution in [0.25, 0.3) is 5.69 Å². The number of hydrogen-bond acceptors (Lipinski definition) is 2. The molecule has 1 N–H and O–H groups in total. The lowest BCUT2D eigenvalue weighted by molar-refractivity contribution is -0.693. The highest BCUT2D eigenvalue weighted by Gasteiger charge is 2.24. The number of aromatic nitrogens is 2. The predicted molar refractivity (Wildman–Crippen MR) is 138 cm³/mol. The SMILES string of the molecule is Cc1cc(C)c(-n2cc[n+](CCN=Cc3cc(C(C)(C)C)cc(C(C)(C)C)c3O)c2)c(C)c1. The molecule has 0 atom stereocenters. The number of rotatable bonds is 5. The van der Waals surface area contributed by atoms with Crippen molar-refractivity contribution in [2.75, 3.05) is 6.54 Å². The Bertz CT molecular complexity index is 1150. The Kier molecular flexibility index (Phi) is 6.88. The third-order valence-electron chi connectivity index (χ3n) is 6.12. The summed E-state index contributed by atoms with van der Waals surface area (Å²) < 4.78 is 4.34. The Balaban J connectivity index is 1.78. The number of aromatic hydroxyl groups is 1. The lowest BCUT2D eigenvalue weighted by Crippen LogP contribution is -2.32. The predicted octanol–water partition coefficient (Wildman–Crippen LogP) is 6.11. The molecule has 0 saturated heterocycles. The average Bonchev–Trinajstić information content (AvgIpc) is 3.12. The van der Waals surface area contributed by atoms with E-state index in [-0.39, 0.29) is 10.8 Å². The minimum Gasteiger partial charge on any atom is -0.507 e. The first-order valence-corrected chi connectivity index (χ1v) is 11.8. The maximum atomic E-state index is 10.9. The van der Waals surface area contributed by atoms with Crippen molar-refractivity contribution >= 4 is 6.21 Å². The van der Waals surface area contributed by atoms with Crippen LogP contribution in [0.5, 0.6) is 5.75 Å². The molecule has 176 valence electrons. The zero-order valence-corrected chi connectivity index (χ0v) is 21.8. The van der Waals surface area contributed by atoms with Crippen LogP contribution in [-0.2, 0) is 17.4 Å². The fourth-order valence-corrected chi connectivity index (χ4v) is 4.33. The van der Waals surface area contributed by atoms with Gasteiger partial charge in [-0.25, -0.2) is 9.13 Å². The molecule has 0 saturated carbocycles. The van der Waals surface area contributed by atoms with Crippen LogP contribution < -0.4 is 4.57 Å². The van der Waals surface area contributed by atoms with Gasteiger partial charge in [0.2, 0.25) is 6.33 Å². The van der Waals surface area contributed by atoms with Crippen LogP contribution >= 0.6 is 0 Å². The van der Waals surface area contributed by atoms with E-state index < -0.39 is 0 Å². The van der Waals surface area contributed by atoms with Gasteiger partial charge in [-0.1, -0.05) is 65.3 Å². The lowest BCUT2D eigenvalue weighted by atomic mass is 9.79. The third-order valence-corrected chi connectivity index (χ3v) is 6.12. The molecule has 0 amide bonds. The molecule has 2 aromatic carbocycles. The second-order valence-electron chi connectivity index (χ2n) is 11.3. The highest BCUT2D eigenvalue weighted by molar-refractivity contribution is 5.85. The van der Waals surface area contributed by atoms with Crippen molar-refractivity contribution < 1.29 is 9.67 Å². The number of hydrogen-bond donors (Lipinski definition) is 1. The van der Waals surface area contributed by atoms with Gasteiger partial charge in [0.1, 0.15) is 30.4 Å². The number of aryl methyl sites for hydroxylation is 3. The van der Waals surface area contributed by atoms with Gasteiger partial charge in [-0.15, -0.1) is 0 Å². The molecule has 3 aromatic rings. The summed E-state index contributed by atoms with van der Waals surface area (Å²) in [5.74, 6) is 0.336. The van der Waals surface area contributed by atoms with Gasteiger partial charge in [0.05, 0.1) is 6.54 Å². The maximum Gasteiger partial charge on any atom is 0.249 e. The van der Waals surface area contributed by atoms with Crippen molar-refractivity contribution in [1.82, 2.24) is 4.57 Å². The molecule has 0 unspecified atom stereocenters. The summed E-state index contributed by atoms with van der Waals surface area (Å²) in [6.07, 6.45) is 8.13. The quantitative estimate of drug-likeness (QED) is 0.373. The summed E-state index contributed by atoms with van der Waals surface area (Å²) >= 11 is 0. The van der Waals surface area contributed by atoms with Gasteiger partial charge >= 0.3 is 0 Å². The second kappa shape index (κ2) is 9.17. The van der Waals surface area contributed by atoms with E-state index in [2.05, 4.69) is 119 Å². The highest BCUT2D eigenvalue weighted by atomic mass is 16.3. The number of nitrogens with zero attached hydrogens (tertiary/aromatic N) is 3. The topological polar surface area (TPSA) is 41.4 Å². The fourth-order valence-electron chi connectivity index (χ4n) is 4.33. The molecule has 1 aromatic heterocycles. The molecular weight excluding hydrogens is 406 g/mol. The van der Waals surface area contributed by atoms with Crippen LogP contribution in [0, 0.1) is 20.8 Å².